The van der Waals surface area contributed by atoms with Gasteiger partial charge < -0.3 is 9.80 Å². The standard InChI is InChI=1S/C46H56N2/c1-30-24-36(7)43(27-33(30)4)47(10)41-18-14-39(15-19-41)46(22-12-11-13-23-46)40-16-20-42(21-17-40)48(44-28-34(5)31(2)25-37(44)8)45-29-35(6)32(3)26-38(45)9/h14-21,24-28,45H,11-13,22-23,29H2,1-10H3. The molecule has 2 nitrogen and oxygen atoms in total. The summed E-state index contributed by atoms with van der Waals surface area (Å²) in [6, 6.07) is 29.0. The summed E-state index contributed by atoms with van der Waals surface area (Å²) < 4.78 is 0. The van der Waals surface area contributed by atoms with Crippen molar-refractivity contribution in [3.05, 3.63) is 140 Å². The van der Waals surface area contributed by atoms with Gasteiger partial charge in [-0.2, -0.15) is 0 Å². The van der Waals surface area contributed by atoms with E-state index in [1.165, 1.54) is 116 Å². The highest BCUT2D eigenvalue weighted by Gasteiger charge is 2.36. The SMILES string of the molecule is CC1=CC(C)=C(C)CC1N(c1ccc(C2(c3ccc(N(C)c4cc(C)c(C)cc4C)cc3)CCCCC2)cc1)c1cc(C)c(C)cc1C. The molecule has 0 N–H and O–H groups in total. The van der Waals surface area contributed by atoms with E-state index in [0.29, 0.717) is 6.04 Å². The van der Waals surface area contributed by atoms with Crippen molar-refractivity contribution in [1.82, 2.24) is 0 Å². The van der Waals surface area contributed by atoms with Crippen LogP contribution in [0.15, 0.2) is 95.6 Å². The van der Waals surface area contributed by atoms with Crippen LogP contribution in [0.3, 0.4) is 0 Å². The number of anilines is 4. The van der Waals surface area contributed by atoms with Gasteiger partial charge in [0.2, 0.25) is 0 Å². The molecule has 4 aromatic rings. The summed E-state index contributed by atoms with van der Waals surface area (Å²) in [5.74, 6) is 0. The molecule has 2 heteroatoms. The monoisotopic (exact) mass is 636 g/mol. The molecule has 0 radical (unpaired) electrons. The van der Waals surface area contributed by atoms with Crippen LogP contribution in [-0.4, -0.2) is 13.1 Å². The van der Waals surface area contributed by atoms with E-state index < -0.39 is 0 Å². The summed E-state index contributed by atoms with van der Waals surface area (Å²) in [7, 11) is 2.20. The topological polar surface area (TPSA) is 6.48 Å². The lowest BCUT2D eigenvalue weighted by Gasteiger charge is -2.40. The van der Waals surface area contributed by atoms with E-state index in [9.17, 15) is 0 Å². The Kier molecular flexibility index (Phi) is 9.49. The van der Waals surface area contributed by atoms with E-state index in [1.807, 2.05) is 0 Å². The van der Waals surface area contributed by atoms with Gasteiger partial charge in [0, 0.05) is 35.2 Å². The molecule has 2 aliphatic rings. The van der Waals surface area contributed by atoms with Crippen molar-refractivity contribution in [3.63, 3.8) is 0 Å². The number of hydrogen-bond donors (Lipinski definition) is 0. The van der Waals surface area contributed by atoms with Crippen molar-refractivity contribution in [1.29, 1.82) is 0 Å². The van der Waals surface area contributed by atoms with Gasteiger partial charge >= 0.3 is 0 Å². The average Bonchev–Trinajstić information content (AvgIpc) is 3.08. The Hall–Kier alpha value is -4.04. The van der Waals surface area contributed by atoms with Gasteiger partial charge in [0.25, 0.3) is 0 Å². The second kappa shape index (κ2) is 13.5. The van der Waals surface area contributed by atoms with Crippen molar-refractivity contribution >= 4 is 22.7 Å². The van der Waals surface area contributed by atoms with E-state index in [-0.39, 0.29) is 5.41 Å². The summed E-state index contributed by atoms with van der Waals surface area (Å²) in [6.45, 7) is 20.3. The highest BCUT2D eigenvalue weighted by atomic mass is 15.2. The Morgan fingerprint density at radius 2 is 1.02 bits per heavy atom. The molecule has 1 atom stereocenters. The molecule has 1 unspecified atom stereocenters. The van der Waals surface area contributed by atoms with Crippen molar-refractivity contribution in [2.75, 3.05) is 16.8 Å². The molecule has 2 aliphatic carbocycles. The number of allylic oxidation sites excluding steroid dienone is 2. The van der Waals surface area contributed by atoms with Crippen molar-refractivity contribution in [2.24, 2.45) is 0 Å². The van der Waals surface area contributed by atoms with Crippen molar-refractivity contribution < 1.29 is 0 Å². The molecule has 250 valence electrons. The third kappa shape index (κ3) is 6.27. The highest BCUT2D eigenvalue weighted by Crippen LogP contribution is 2.47. The van der Waals surface area contributed by atoms with Crippen LogP contribution >= 0.6 is 0 Å². The molecule has 48 heavy (non-hydrogen) atoms. The van der Waals surface area contributed by atoms with E-state index in [0.717, 1.165) is 6.42 Å². The van der Waals surface area contributed by atoms with Gasteiger partial charge in [0.15, 0.2) is 0 Å². The summed E-state index contributed by atoms with van der Waals surface area (Å²) in [6.07, 6.45) is 9.73. The van der Waals surface area contributed by atoms with Crippen LogP contribution in [0.4, 0.5) is 22.7 Å². The number of rotatable bonds is 7. The molecular formula is C46H56N2. The Morgan fingerprint density at radius 3 is 1.58 bits per heavy atom. The second-order valence-electron chi connectivity index (χ2n) is 15.2. The zero-order chi connectivity index (χ0) is 34.3. The quantitative estimate of drug-likeness (QED) is 0.199. The molecule has 0 aliphatic heterocycles. The van der Waals surface area contributed by atoms with Crippen LogP contribution in [-0.2, 0) is 5.41 Å². The van der Waals surface area contributed by atoms with Gasteiger partial charge in [-0.25, -0.2) is 0 Å². The number of benzene rings is 4. The van der Waals surface area contributed by atoms with Gasteiger partial charge in [-0.3, -0.25) is 0 Å². The van der Waals surface area contributed by atoms with Gasteiger partial charge in [0.1, 0.15) is 0 Å². The zero-order valence-electron chi connectivity index (χ0n) is 31.2. The number of aryl methyl sites for hydroxylation is 6. The lowest BCUT2D eigenvalue weighted by Crippen LogP contribution is -2.35. The minimum Gasteiger partial charge on any atom is -0.344 e. The minimum atomic E-state index is 0.0442. The fourth-order valence-corrected chi connectivity index (χ4v) is 8.45. The molecule has 0 saturated heterocycles. The lowest BCUT2D eigenvalue weighted by molar-refractivity contribution is 0.346. The lowest BCUT2D eigenvalue weighted by atomic mass is 9.65. The Bertz CT molecular complexity index is 1860. The Balaban J connectivity index is 1.37. The molecule has 0 aromatic heterocycles. The van der Waals surface area contributed by atoms with Crippen LogP contribution in [0.1, 0.15) is 104 Å². The van der Waals surface area contributed by atoms with E-state index >= 15 is 0 Å². The van der Waals surface area contributed by atoms with E-state index in [4.69, 9.17) is 0 Å². The number of nitrogens with zero attached hydrogens (tertiary/aromatic N) is 2. The summed E-state index contributed by atoms with van der Waals surface area (Å²) in [5.41, 5.74) is 20.5. The normalized spacial score (nSPS) is 17.7. The van der Waals surface area contributed by atoms with Crippen molar-refractivity contribution in [3.8, 4) is 0 Å². The largest absolute Gasteiger partial charge is 0.344 e. The first-order valence-electron chi connectivity index (χ1n) is 18.1. The van der Waals surface area contributed by atoms with Gasteiger partial charge in [-0.1, -0.05) is 78.5 Å². The van der Waals surface area contributed by atoms with Crippen LogP contribution in [0.25, 0.3) is 0 Å². The van der Waals surface area contributed by atoms with Crippen LogP contribution < -0.4 is 9.80 Å². The molecule has 0 heterocycles. The maximum absolute atomic E-state index is 2.63. The van der Waals surface area contributed by atoms with Crippen molar-refractivity contribution in [2.45, 2.75) is 112 Å². The van der Waals surface area contributed by atoms with E-state index in [2.05, 4.69) is 158 Å². The first-order valence-corrected chi connectivity index (χ1v) is 18.1. The minimum absolute atomic E-state index is 0.0442. The smallest absolute Gasteiger partial charge is 0.0589 e. The first kappa shape index (κ1) is 33.8. The predicted octanol–water partition coefficient (Wildman–Crippen LogP) is 12.7. The van der Waals surface area contributed by atoms with E-state index in [1.54, 1.807) is 0 Å². The molecule has 0 spiro atoms. The predicted molar refractivity (Wildman–Crippen MR) is 209 cm³/mol. The summed E-state index contributed by atoms with van der Waals surface area (Å²) in [5, 5.41) is 0. The highest BCUT2D eigenvalue weighted by molar-refractivity contribution is 5.71. The summed E-state index contributed by atoms with van der Waals surface area (Å²) >= 11 is 0. The Labute approximate surface area is 291 Å². The molecule has 0 amide bonds. The molecule has 1 saturated carbocycles. The third-order valence-corrected chi connectivity index (χ3v) is 11.9. The molecular weight excluding hydrogens is 581 g/mol. The van der Waals surface area contributed by atoms with Gasteiger partial charge in [0.05, 0.1) is 6.04 Å². The van der Waals surface area contributed by atoms with Gasteiger partial charge in [-0.15, -0.1) is 0 Å². The third-order valence-electron chi connectivity index (χ3n) is 11.9. The molecule has 4 aromatic carbocycles. The first-order chi connectivity index (χ1) is 22.9. The Morgan fingerprint density at radius 1 is 0.542 bits per heavy atom. The van der Waals surface area contributed by atoms with Crippen LogP contribution in [0.5, 0.6) is 0 Å². The maximum atomic E-state index is 2.63. The summed E-state index contributed by atoms with van der Waals surface area (Å²) in [4.78, 5) is 4.97. The molecule has 1 fully saturated rings. The van der Waals surface area contributed by atoms with Crippen LogP contribution in [0.2, 0.25) is 0 Å². The fraction of sp³-hybridized carbons (Fsp3) is 0.391. The van der Waals surface area contributed by atoms with Gasteiger partial charge in [-0.05, 0) is 162 Å². The molecule has 6 rings (SSSR count). The number of hydrogen-bond acceptors (Lipinski definition) is 2. The average molecular weight is 637 g/mol. The second-order valence-corrected chi connectivity index (χ2v) is 15.2. The van der Waals surface area contributed by atoms with Crippen LogP contribution in [0, 0.1) is 41.5 Å². The maximum Gasteiger partial charge on any atom is 0.0589 e. The fourth-order valence-electron chi connectivity index (χ4n) is 8.45. The zero-order valence-corrected chi connectivity index (χ0v) is 31.2. The molecule has 0 bridgehead atoms.